The van der Waals surface area contributed by atoms with Crippen molar-refractivity contribution in [1.82, 2.24) is 0 Å². The molecule has 3 nitrogen and oxygen atoms in total. The second-order valence-corrected chi connectivity index (χ2v) is 3.41. The van der Waals surface area contributed by atoms with Crippen molar-refractivity contribution < 1.29 is 9.84 Å². The number of rotatable bonds is 3. The lowest BCUT2D eigenvalue weighted by atomic mass is 9.99. The Hall–Kier alpha value is -1.48. The number of ether oxygens (including phenoxy) is 1. The van der Waals surface area contributed by atoms with E-state index in [2.05, 4.69) is 0 Å². The van der Waals surface area contributed by atoms with Crippen LogP contribution in [0.5, 0.6) is 11.5 Å². The summed E-state index contributed by atoms with van der Waals surface area (Å²) in [4.78, 5) is 0. The largest absolute Gasteiger partial charge is 0.504 e. The number of methoxy groups -OCH3 is 1. The maximum atomic E-state index is 9.63. The van der Waals surface area contributed by atoms with E-state index in [9.17, 15) is 5.11 Å². The molecule has 0 spiro atoms. The Bertz CT molecular complexity index is 370. The highest BCUT2D eigenvalue weighted by molar-refractivity contribution is 5.62. The molecule has 1 atom stereocenters. The minimum Gasteiger partial charge on any atom is -0.504 e. The highest BCUT2D eigenvalue weighted by Crippen LogP contribution is 2.36. The van der Waals surface area contributed by atoms with Crippen molar-refractivity contribution in [3.8, 4) is 11.5 Å². The summed E-state index contributed by atoms with van der Waals surface area (Å²) < 4.78 is 5.16. The van der Waals surface area contributed by atoms with Crippen LogP contribution in [0.15, 0.2) is 18.2 Å². The number of phenols is 1. The number of benzene rings is 1. The summed E-state index contributed by atoms with van der Waals surface area (Å²) >= 11 is 0. The monoisotopic (exact) mass is 207 g/mol. The quantitative estimate of drug-likeness (QED) is 0.800. The van der Waals surface area contributed by atoms with Crippen LogP contribution in [-0.2, 0) is 0 Å². The summed E-state index contributed by atoms with van der Waals surface area (Å²) in [5.74, 6) is 0.582. The van der Waals surface area contributed by atoms with Crippen LogP contribution in [0.2, 0.25) is 0 Å². The Morgan fingerprint density at radius 3 is 2.60 bits per heavy atom. The molecular formula is C12H17NO2. The van der Waals surface area contributed by atoms with E-state index in [1.165, 1.54) is 7.11 Å². The highest BCUT2D eigenvalue weighted by Gasteiger charge is 2.15. The predicted molar refractivity (Wildman–Crippen MR) is 62.0 cm³/mol. The summed E-state index contributed by atoms with van der Waals surface area (Å²) in [6.45, 7) is 3.80. The van der Waals surface area contributed by atoms with Gasteiger partial charge in [-0.1, -0.05) is 18.2 Å². The maximum absolute atomic E-state index is 9.63. The van der Waals surface area contributed by atoms with Crippen molar-refractivity contribution in [2.45, 2.75) is 19.9 Å². The molecule has 1 aromatic carbocycles. The van der Waals surface area contributed by atoms with Gasteiger partial charge in [-0.15, -0.1) is 0 Å². The zero-order chi connectivity index (χ0) is 11.4. The zero-order valence-corrected chi connectivity index (χ0v) is 9.32. The first-order valence-electron chi connectivity index (χ1n) is 4.90. The van der Waals surface area contributed by atoms with E-state index in [4.69, 9.17) is 10.5 Å². The normalized spacial score (nSPS) is 13.1. The van der Waals surface area contributed by atoms with Gasteiger partial charge in [0.1, 0.15) is 0 Å². The molecule has 15 heavy (non-hydrogen) atoms. The molecule has 0 aliphatic heterocycles. The van der Waals surface area contributed by atoms with Gasteiger partial charge < -0.3 is 15.6 Å². The standard InChI is InChI=1S/C12H17NO2/c1-4-5-9-6-7-10(14)12(15-3)11(9)8(2)13/h4-8,14H,13H2,1-3H3. The lowest BCUT2D eigenvalue weighted by Gasteiger charge is -2.16. The van der Waals surface area contributed by atoms with Crippen LogP contribution in [0.25, 0.3) is 6.08 Å². The summed E-state index contributed by atoms with van der Waals surface area (Å²) in [5, 5.41) is 9.63. The molecule has 0 saturated heterocycles. The second kappa shape index (κ2) is 4.84. The van der Waals surface area contributed by atoms with E-state index in [1.807, 2.05) is 32.1 Å². The fourth-order valence-electron chi connectivity index (χ4n) is 1.61. The van der Waals surface area contributed by atoms with Gasteiger partial charge in [-0.2, -0.15) is 0 Å². The Labute approximate surface area is 90.2 Å². The number of aromatic hydroxyl groups is 1. The van der Waals surface area contributed by atoms with E-state index in [1.54, 1.807) is 6.07 Å². The molecule has 82 valence electrons. The average Bonchev–Trinajstić information content (AvgIpc) is 2.20. The van der Waals surface area contributed by atoms with Gasteiger partial charge in [0.05, 0.1) is 7.11 Å². The molecule has 0 amide bonds. The van der Waals surface area contributed by atoms with Crippen molar-refractivity contribution in [2.75, 3.05) is 7.11 Å². The van der Waals surface area contributed by atoms with Gasteiger partial charge in [-0.3, -0.25) is 0 Å². The van der Waals surface area contributed by atoms with Crippen molar-refractivity contribution in [3.63, 3.8) is 0 Å². The minimum absolute atomic E-state index is 0.123. The summed E-state index contributed by atoms with van der Waals surface area (Å²) in [6, 6.07) is 3.26. The third-order valence-corrected chi connectivity index (χ3v) is 2.21. The van der Waals surface area contributed by atoms with E-state index < -0.39 is 0 Å². The molecule has 0 aliphatic rings. The number of allylic oxidation sites excluding steroid dienone is 1. The SMILES string of the molecule is CC=Cc1ccc(O)c(OC)c1C(C)N. The number of hydrogen-bond donors (Lipinski definition) is 2. The zero-order valence-electron chi connectivity index (χ0n) is 9.32. The molecular weight excluding hydrogens is 190 g/mol. The Morgan fingerprint density at radius 1 is 1.47 bits per heavy atom. The van der Waals surface area contributed by atoms with Crippen molar-refractivity contribution in [2.24, 2.45) is 5.73 Å². The van der Waals surface area contributed by atoms with Gasteiger partial charge in [0.2, 0.25) is 0 Å². The van der Waals surface area contributed by atoms with E-state index in [-0.39, 0.29) is 11.8 Å². The molecule has 0 bridgehead atoms. The van der Waals surface area contributed by atoms with Gasteiger partial charge >= 0.3 is 0 Å². The first-order chi connectivity index (χ1) is 7.11. The summed E-state index contributed by atoms with van der Waals surface area (Å²) in [7, 11) is 1.53. The summed E-state index contributed by atoms with van der Waals surface area (Å²) in [6.07, 6.45) is 3.87. The fraction of sp³-hybridized carbons (Fsp3) is 0.333. The Balaban J connectivity index is 3.41. The number of phenolic OH excluding ortho intramolecular Hbond substituents is 1. The summed E-state index contributed by atoms with van der Waals surface area (Å²) in [5.41, 5.74) is 7.67. The lowest BCUT2D eigenvalue weighted by molar-refractivity contribution is 0.367. The molecule has 1 unspecified atom stereocenters. The molecule has 0 aliphatic carbocycles. The average molecular weight is 207 g/mol. The Morgan fingerprint density at radius 2 is 2.13 bits per heavy atom. The van der Waals surface area contributed by atoms with E-state index in [0.717, 1.165) is 11.1 Å². The molecule has 0 fully saturated rings. The molecule has 1 aromatic rings. The predicted octanol–water partition coefficient (Wildman–Crippen LogP) is 2.45. The van der Waals surface area contributed by atoms with Crippen molar-refractivity contribution in [1.29, 1.82) is 0 Å². The van der Waals surface area contributed by atoms with E-state index >= 15 is 0 Å². The fourth-order valence-corrected chi connectivity index (χ4v) is 1.61. The van der Waals surface area contributed by atoms with E-state index in [0.29, 0.717) is 5.75 Å². The third kappa shape index (κ3) is 2.30. The molecule has 0 saturated carbocycles. The molecule has 0 aromatic heterocycles. The molecule has 1 rings (SSSR count). The molecule has 0 radical (unpaired) electrons. The van der Waals surface area contributed by atoms with Crippen molar-refractivity contribution in [3.05, 3.63) is 29.3 Å². The number of nitrogens with two attached hydrogens (primary N) is 1. The van der Waals surface area contributed by atoms with Gasteiger partial charge in [-0.05, 0) is 25.5 Å². The van der Waals surface area contributed by atoms with Crippen LogP contribution < -0.4 is 10.5 Å². The van der Waals surface area contributed by atoms with Crippen LogP contribution in [0.3, 0.4) is 0 Å². The third-order valence-electron chi connectivity index (χ3n) is 2.21. The second-order valence-electron chi connectivity index (χ2n) is 3.41. The first-order valence-corrected chi connectivity index (χ1v) is 4.90. The number of hydrogen-bond acceptors (Lipinski definition) is 3. The van der Waals surface area contributed by atoms with Crippen LogP contribution in [0.1, 0.15) is 31.0 Å². The van der Waals surface area contributed by atoms with Gasteiger partial charge in [-0.25, -0.2) is 0 Å². The Kier molecular flexibility index (Phi) is 3.74. The molecule has 3 N–H and O–H groups in total. The van der Waals surface area contributed by atoms with Crippen LogP contribution in [-0.4, -0.2) is 12.2 Å². The molecule has 3 heteroatoms. The van der Waals surface area contributed by atoms with Gasteiger partial charge in [0.25, 0.3) is 0 Å². The van der Waals surface area contributed by atoms with Crippen LogP contribution in [0.4, 0.5) is 0 Å². The minimum atomic E-state index is -0.182. The maximum Gasteiger partial charge on any atom is 0.165 e. The van der Waals surface area contributed by atoms with Gasteiger partial charge in [0.15, 0.2) is 11.5 Å². The van der Waals surface area contributed by atoms with Gasteiger partial charge in [0, 0.05) is 11.6 Å². The molecule has 0 heterocycles. The highest BCUT2D eigenvalue weighted by atomic mass is 16.5. The lowest BCUT2D eigenvalue weighted by Crippen LogP contribution is -2.09. The smallest absolute Gasteiger partial charge is 0.165 e. The van der Waals surface area contributed by atoms with Crippen LogP contribution in [0, 0.1) is 0 Å². The van der Waals surface area contributed by atoms with Crippen molar-refractivity contribution >= 4 is 6.08 Å². The topological polar surface area (TPSA) is 55.5 Å². The first kappa shape index (κ1) is 11.6. The van der Waals surface area contributed by atoms with Crippen LogP contribution >= 0.6 is 0 Å².